The fourth-order valence-electron chi connectivity index (χ4n) is 1.75. The summed E-state index contributed by atoms with van der Waals surface area (Å²) in [5.41, 5.74) is 0. The van der Waals surface area contributed by atoms with Gasteiger partial charge in [-0.15, -0.1) is 11.6 Å². The molecule has 1 unspecified atom stereocenters. The lowest BCUT2D eigenvalue weighted by molar-refractivity contribution is -0.144. The van der Waals surface area contributed by atoms with Gasteiger partial charge in [-0.1, -0.05) is 58.3 Å². The predicted molar refractivity (Wildman–Crippen MR) is 74.9 cm³/mol. The molecule has 0 aromatic rings. The van der Waals surface area contributed by atoms with Crippen molar-refractivity contribution in [1.29, 1.82) is 0 Å². The van der Waals surface area contributed by atoms with Crippen LogP contribution in [0.3, 0.4) is 0 Å². The third-order valence-electron chi connectivity index (χ3n) is 2.91. The van der Waals surface area contributed by atoms with E-state index in [4.69, 9.17) is 21.4 Å². The number of halogens is 1. The van der Waals surface area contributed by atoms with Crippen LogP contribution >= 0.6 is 11.6 Å². The smallest absolute Gasteiger partial charge is 0.326 e. The van der Waals surface area contributed by atoms with E-state index < -0.39 is 11.3 Å². The molecule has 0 amide bonds. The second-order valence-electron chi connectivity index (χ2n) is 4.65. The lowest BCUT2D eigenvalue weighted by Crippen LogP contribution is -2.21. The van der Waals surface area contributed by atoms with Crippen LogP contribution in [0.4, 0.5) is 0 Å². The number of hydrogen-bond donors (Lipinski definition) is 1. The maximum Gasteiger partial charge on any atom is 0.326 e. The fraction of sp³-hybridized carbons (Fsp3) is 0.929. The average Bonchev–Trinajstić information content (AvgIpc) is 2.39. The molecule has 0 saturated carbocycles. The van der Waals surface area contributed by atoms with Crippen molar-refractivity contribution >= 4 is 17.6 Å². The van der Waals surface area contributed by atoms with Gasteiger partial charge in [0.1, 0.15) is 0 Å². The highest BCUT2D eigenvalue weighted by Gasteiger charge is 2.14. The number of carbonyl (C=O) groups is 1. The van der Waals surface area contributed by atoms with Crippen molar-refractivity contribution < 1.29 is 14.6 Å². The molecule has 1 atom stereocenters. The Bertz CT molecular complexity index is 197. The van der Waals surface area contributed by atoms with Crippen LogP contribution in [0.2, 0.25) is 0 Å². The molecule has 0 bridgehead atoms. The van der Waals surface area contributed by atoms with E-state index in [1.807, 2.05) is 0 Å². The standard InChI is InChI=1S/C14H27ClO3/c1-2-3-4-5-6-7-8-9-10-11-18-14(17)13(15)12-16/h13,16H,2-12H2,1H3. The van der Waals surface area contributed by atoms with Gasteiger partial charge in [-0.25, -0.2) is 0 Å². The number of esters is 1. The number of ether oxygens (including phenoxy) is 1. The van der Waals surface area contributed by atoms with Gasteiger partial charge in [-0.2, -0.15) is 0 Å². The number of carbonyl (C=O) groups excluding carboxylic acids is 1. The van der Waals surface area contributed by atoms with Crippen LogP contribution in [-0.4, -0.2) is 29.7 Å². The van der Waals surface area contributed by atoms with Crippen molar-refractivity contribution in [3.05, 3.63) is 0 Å². The van der Waals surface area contributed by atoms with E-state index in [1.165, 1.54) is 44.9 Å². The zero-order valence-corrected chi connectivity index (χ0v) is 12.3. The quantitative estimate of drug-likeness (QED) is 0.337. The van der Waals surface area contributed by atoms with Gasteiger partial charge in [-0.05, 0) is 6.42 Å². The van der Waals surface area contributed by atoms with Crippen molar-refractivity contribution in [2.75, 3.05) is 13.2 Å². The van der Waals surface area contributed by atoms with E-state index >= 15 is 0 Å². The molecule has 3 nitrogen and oxygen atoms in total. The highest BCUT2D eigenvalue weighted by Crippen LogP contribution is 2.09. The first-order valence-electron chi connectivity index (χ1n) is 7.14. The Morgan fingerprint density at radius 2 is 1.56 bits per heavy atom. The molecule has 0 fully saturated rings. The maximum absolute atomic E-state index is 11.1. The van der Waals surface area contributed by atoms with Gasteiger partial charge in [0.25, 0.3) is 0 Å². The Kier molecular flexibility index (Phi) is 13.0. The zero-order valence-electron chi connectivity index (χ0n) is 11.5. The van der Waals surface area contributed by atoms with Crippen molar-refractivity contribution in [3.63, 3.8) is 0 Å². The van der Waals surface area contributed by atoms with E-state index in [0.717, 1.165) is 12.8 Å². The first-order chi connectivity index (χ1) is 8.72. The molecule has 0 aromatic carbocycles. The Morgan fingerprint density at radius 3 is 2.06 bits per heavy atom. The van der Waals surface area contributed by atoms with Gasteiger partial charge in [0.15, 0.2) is 5.38 Å². The molecule has 1 N–H and O–H groups in total. The topological polar surface area (TPSA) is 46.5 Å². The maximum atomic E-state index is 11.1. The molecule has 0 aromatic heterocycles. The van der Waals surface area contributed by atoms with Gasteiger partial charge in [-0.3, -0.25) is 4.79 Å². The number of rotatable bonds is 12. The molecule has 0 spiro atoms. The van der Waals surface area contributed by atoms with E-state index in [1.54, 1.807) is 0 Å². The van der Waals surface area contributed by atoms with Gasteiger partial charge in [0, 0.05) is 0 Å². The first-order valence-corrected chi connectivity index (χ1v) is 7.57. The summed E-state index contributed by atoms with van der Waals surface area (Å²) in [5.74, 6) is -0.515. The van der Waals surface area contributed by atoms with Crippen LogP contribution in [0, 0.1) is 0 Å². The summed E-state index contributed by atoms with van der Waals surface area (Å²) >= 11 is 5.51. The van der Waals surface area contributed by atoms with Crippen LogP contribution in [0.25, 0.3) is 0 Å². The summed E-state index contributed by atoms with van der Waals surface area (Å²) in [5, 5.41) is 7.72. The van der Waals surface area contributed by atoms with Crippen LogP contribution in [0.15, 0.2) is 0 Å². The minimum atomic E-state index is -0.913. The molecular formula is C14H27ClO3. The van der Waals surface area contributed by atoms with Crippen LogP contribution in [-0.2, 0) is 9.53 Å². The Morgan fingerprint density at radius 1 is 1.06 bits per heavy atom. The zero-order chi connectivity index (χ0) is 13.6. The second kappa shape index (κ2) is 13.2. The van der Waals surface area contributed by atoms with E-state index in [2.05, 4.69) is 6.92 Å². The minimum absolute atomic E-state index is 0.363. The van der Waals surface area contributed by atoms with Gasteiger partial charge >= 0.3 is 5.97 Å². The average molecular weight is 279 g/mol. The predicted octanol–water partition coefficient (Wildman–Crippen LogP) is 3.66. The third-order valence-corrected chi connectivity index (χ3v) is 3.22. The van der Waals surface area contributed by atoms with Crippen LogP contribution < -0.4 is 0 Å². The molecule has 0 aliphatic rings. The van der Waals surface area contributed by atoms with E-state index in [-0.39, 0.29) is 6.61 Å². The SMILES string of the molecule is CCCCCCCCCCCOC(=O)C(Cl)CO. The van der Waals surface area contributed by atoms with Crippen molar-refractivity contribution in [2.24, 2.45) is 0 Å². The highest BCUT2D eigenvalue weighted by atomic mass is 35.5. The minimum Gasteiger partial charge on any atom is -0.465 e. The highest BCUT2D eigenvalue weighted by molar-refractivity contribution is 6.30. The summed E-state index contributed by atoms with van der Waals surface area (Å²) < 4.78 is 4.92. The summed E-state index contributed by atoms with van der Waals surface area (Å²) in [7, 11) is 0. The summed E-state index contributed by atoms with van der Waals surface area (Å²) in [6.45, 7) is 2.28. The van der Waals surface area contributed by atoms with Crippen molar-refractivity contribution in [2.45, 2.75) is 70.1 Å². The molecule has 0 heterocycles. The lowest BCUT2D eigenvalue weighted by Gasteiger charge is -2.07. The Labute approximate surface area is 116 Å². The number of aliphatic hydroxyl groups is 1. The summed E-state index contributed by atoms with van der Waals surface area (Å²) in [6.07, 6.45) is 11.1. The van der Waals surface area contributed by atoms with Crippen molar-refractivity contribution in [3.8, 4) is 0 Å². The normalized spacial score (nSPS) is 12.4. The monoisotopic (exact) mass is 278 g/mol. The number of hydrogen-bond acceptors (Lipinski definition) is 3. The van der Waals surface area contributed by atoms with E-state index in [0.29, 0.717) is 6.61 Å². The fourth-order valence-corrected chi connectivity index (χ4v) is 1.81. The summed E-state index contributed by atoms with van der Waals surface area (Å²) in [4.78, 5) is 11.1. The molecule has 0 aliphatic carbocycles. The molecule has 0 radical (unpaired) electrons. The third kappa shape index (κ3) is 10.8. The molecule has 108 valence electrons. The lowest BCUT2D eigenvalue weighted by atomic mass is 10.1. The number of alkyl halides is 1. The van der Waals surface area contributed by atoms with Crippen LogP contribution in [0.5, 0.6) is 0 Å². The van der Waals surface area contributed by atoms with Gasteiger partial charge < -0.3 is 9.84 Å². The molecule has 0 saturated heterocycles. The Hall–Kier alpha value is -0.280. The molecular weight excluding hydrogens is 252 g/mol. The second-order valence-corrected chi connectivity index (χ2v) is 5.17. The van der Waals surface area contributed by atoms with Gasteiger partial charge in [0.2, 0.25) is 0 Å². The van der Waals surface area contributed by atoms with Crippen LogP contribution in [0.1, 0.15) is 64.7 Å². The molecule has 0 aliphatic heterocycles. The first kappa shape index (κ1) is 17.7. The van der Waals surface area contributed by atoms with E-state index in [9.17, 15) is 4.79 Å². The molecule has 4 heteroatoms. The molecule has 18 heavy (non-hydrogen) atoms. The number of unbranched alkanes of at least 4 members (excludes halogenated alkanes) is 8. The molecule has 0 rings (SSSR count). The summed E-state index contributed by atoms with van der Waals surface area (Å²) in [6, 6.07) is 0. The Balaban J connectivity index is 3.14. The van der Waals surface area contributed by atoms with Gasteiger partial charge in [0.05, 0.1) is 13.2 Å². The largest absolute Gasteiger partial charge is 0.465 e. The van der Waals surface area contributed by atoms with Crippen molar-refractivity contribution in [1.82, 2.24) is 0 Å². The number of aliphatic hydroxyl groups excluding tert-OH is 1.